The average Bonchev–Trinajstić information content (AvgIpc) is 3.92. The minimum atomic E-state index is 0.0953. The fraction of sp³-hybridized carbons (Fsp3) is 0.394. The van der Waals surface area contributed by atoms with Crippen LogP contribution < -0.4 is 20.7 Å². The van der Waals surface area contributed by atoms with Crippen molar-refractivity contribution in [2.45, 2.75) is 51.5 Å². The van der Waals surface area contributed by atoms with E-state index < -0.39 is 0 Å². The highest BCUT2D eigenvalue weighted by atomic mass is 16.5. The predicted molar refractivity (Wildman–Crippen MR) is 161 cm³/mol. The van der Waals surface area contributed by atoms with Gasteiger partial charge in [-0.2, -0.15) is 0 Å². The first-order valence-corrected chi connectivity index (χ1v) is 14.9. The van der Waals surface area contributed by atoms with Gasteiger partial charge in [-0.3, -0.25) is 4.79 Å². The van der Waals surface area contributed by atoms with Gasteiger partial charge in [0.05, 0.1) is 11.3 Å². The van der Waals surface area contributed by atoms with Crippen LogP contribution in [0.25, 0.3) is 22.0 Å². The molecular weight excluding hydrogens is 512 g/mol. The molecule has 3 heterocycles. The maximum Gasteiger partial charge on any atom is 0.228 e. The Morgan fingerprint density at radius 1 is 1.02 bits per heavy atom. The predicted octanol–water partition coefficient (Wildman–Crippen LogP) is 6.33. The zero-order chi connectivity index (χ0) is 27.8. The SMILES string of the molecule is Cc1ccc2c(NC(=O)C[C@@H]3CC3C3CC3)cccc2c1Oc1ncccc1-c1ccnc(N[C@H]2CCCNC2)n1. The molecule has 3 N–H and O–H groups in total. The number of nitrogens with zero attached hydrogens (tertiary/aromatic N) is 3. The van der Waals surface area contributed by atoms with Crippen LogP contribution in [-0.4, -0.2) is 40.0 Å². The van der Waals surface area contributed by atoms with Crippen molar-refractivity contribution < 1.29 is 9.53 Å². The number of nitrogens with one attached hydrogen (secondary N) is 3. The number of carbonyl (C=O) groups is 1. The van der Waals surface area contributed by atoms with E-state index in [0.717, 1.165) is 76.8 Å². The number of aromatic nitrogens is 3. The van der Waals surface area contributed by atoms with Crippen LogP contribution in [0.15, 0.2) is 60.9 Å². The van der Waals surface area contributed by atoms with Gasteiger partial charge < -0.3 is 20.7 Å². The molecule has 1 saturated heterocycles. The summed E-state index contributed by atoms with van der Waals surface area (Å²) in [4.78, 5) is 26.8. The zero-order valence-electron chi connectivity index (χ0n) is 23.4. The highest BCUT2D eigenvalue weighted by molar-refractivity contribution is 6.04. The first-order chi connectivity index (χ1) is 20.1. The maximum absolute atomic E-state index is 12.9. The average molecular weight is 549 g/mol. The van der Waals surface area contributed by atoms with Crippen molar-refractivity contribution in [2.75, 3.05) is 23.7 Å². The molecule has 7 rings (SSSR count). The summed E-state index contributed by atoms with van der Waals surface area (Å²) >= 11 is 0. The summed E-state index contributed by atoms with van der Waals surface area (Å²) in [6.45, 7) is 3.98. The molecule has 0 spiro atoms. The van der Waals surface area contributed by atoms with Gasteiger partial charge in [0.2, 0.25) is 17.7 Å². The van der Waals surface area contributed by atoms with Gasteiger partial charge in [-0.05, 0) is 93.2 Å². The number of pyridine rings is 1. The topological polar surface area (TPSA) is 101 Å². The van der Waals surface area contributed by atoms with Crippen molar-refractivity contribution >= 4 is 28.3 Å². The molecule has 2 aromatic heterocycles. The summed E-state index contributed by atoms with van der Waals surface area (Å²) in [6.07, 6.45) is 10.2. The molecule has 4 aromatic rings. The number of fused-ring (bicyclic) bond motifs is 1. The standard InChI is InChI=1S/C33H36N6O2/c1-20-9-12-24-25(6-2-8-28(24)38-30(40)18-22-17-27(22)21-10-11-21)31(20)41-32-26(7-4-15-35-32)29-13-16-36-33(39-29)37-23-5-3-14-34-19-23/h2,4,6-9,12-13,15-16,21-23,27,34H,3,5,10-11,14,17-19H2,1H3,(H,38,40)(H,36,37,39)/t22-,23-,27?/m0/s1. The molecule has 8 heteroatoms. The van der Waals surface area contributed by atoms with Crippen LogP contribution in [0.2, 0.25) is 0 Å². The molecule has 2 saturated carbocycles. The van der Waals surface area contributed by atoms with Gasteiger partial charge in [0, 0.05) is 47.9 Å². The molecule has 1 aliphatic heterocycles. The number of ether oxygens (including phenoxy) is 1. The Kier molecular flexibility index (Phi) is 7.00. The number of aryl methyl sites for hydroxylation is 1. The van der Waals surface area contributed by atoms with E-state index >= 15 is 0 Å². The number of anilines is 2. The van der Waals surface area contributed by atoms with Gasteiger partial charge in [-0.1, -0.05) is 24.3 Å². The fourth-order valence-electron chi connectivity index (χ4n) is 6.23. The Morgan fingerprint density at radius 2 is 1.95 bits per heavy atom. The van der Waals surface area contributed by atoms with Crippen molar-refractivity contribution in [3.8, 4) is 22.9 Å². The zero-order valence-corrected chi connectivity index (χ0v) is 23.4. The third-order valence-electron chi connectivity index (χ3n) is 8.67. The van der Waals surface area contributed by atoms with Gasteiger partial charge >= 0.3 is 0 Å². The lowest BCUT2D eigenvalue weighted by molar-refractivity contribution is -0.116. The van der Waals surface area contributed by atoms with Crippen molar-refractivity contribution in [3.05, 3.63) is 66.5 Å². The lowest BCUT2D eigenvalue weighted by atomic mass is 10.0. The minimum Gasteiger partial charge on any atom is -0.437 e. The van der Waals surface area contributed by atoms with Gasteiger partial charge in [0.15, 0.2) is 0 Å². The van der Waals surface area contributed by atoms with Crippen molar-refractivity contribution in [1.82, 2.24) is 20.3 Å². The van der Waals surface area contributed by atoms with E-state index in [1.807, 2.05) is 49.4 Å². The molecule has 3 fully saturated rings. The quantitative estimate of drug-likeness (QED) is 0.225. The van der Waals surface area contributed by atoms with Gasteiger partial charge in [0.1, 0.15) is 5.75 Å². The van der Waals surface area contributed by atoms with E-state index in [-0.39, 0.29) is 5.91 Å². The van der Waals surface area contributed by atoms with Crippen LogP contribution in [0.5, 0.6) is 11.6 Å². The number of carbonyl (C=O) groups excluding carboxylic acids is 1. The Bertz CT molecular complexity index is 1580. The van der Waals surface area contributed by atoms with Crippen LogP contribution in [0, 0.1) is 24.7 Å². The van der Waals surface area contributed by atoms with Crippen LogP contribution in [-0.2, 0) is 4.79 Å². The summed E-state index contributed by atoms with van der Waals surface area (Å²) in [6, 6.07) is 16.1. The van der Waals surface area contributed by atoms with Crippen molar-refractivity contribution in [3.63, 3.8) is 0 Å². The maximum atomic E-state index is 12.9. The van der Waals surface area contributed by atoms with E-state index in [9.17, 15) is 4.79 Å². The molecule has 1 amide bonds. The molecule has 3 atom stereocenters. The van der Waals surface area contributed by atoms with Gasteiger partial charge in [-0.15, -0.1) is 0 Å². The van der Waals surface area contributed by atoms with E-state index in [0.29, 0.717) is 30.2 Å². The van der Waals surface area contributed by atoms with Crippen molar-refractivity contribution in [1.29, 1.82) is 0 Å². The van der Waals surface area contributed by atoms with E-state index in [2.05, 4.69) is 32.0 Å². The number of hydrogen-bond donors (Lipinski definition) is 3. The highest BCUT2D eigenvalue weighted by Gasteiger charge is 2.47. The number of rotatable bonds is 9. The molecule has 2 aromatic carbocycles. The van der Waals surface area contributed by atoms with Gasteiger partial charge in [-0.25, -0.2) is 15.0 Å². The smallest absolute Gasteiger partial charge is 0.228 e. The van der Waals surface area contributed by atoms with E-state index in [1.165, 1.54) is 19.3 Å². The number of amides is 1. The Labute approximate surface area is 240 Å². The molecule has 41 heavy (non-hydrogen) atoms. The van der Waals surface area contributed by atoms with Crippen LogP contribution in [0.3, 0.4) is 0 Å². The van der Waals surface area contributed by atoms with E-state index in [1.54, 1.807) is 12.4 Å². The van der Waals surface area contributed by atoms with Crippen LogP contribution in [0.1, 0.15) is 44.1 Å². The molecule has 0 bridgehead atoms. The fourth-order valence-corrected chi connectivity index (χ4v) is 6.23. The summed E-state index contributed by atoms with van der Waals surface area (Å²) in [5.74, 6) is 4.09. The number of hydrogen-bond acceptors (Lipinski definition) is 7. The van der Waals surface area contributed by atoms with Crippen LogP contribution in [0.4, 0.5) is 11.6 Å². The second-order valence-corrected chi connectivity index (χ2v) is 11.8. The molecule has 1 unspecified atom stereocenters. The molecule has 8 nitrogen and oxygen atoms in total. The second kappa shape index (κ2) is 11.1. The van der Waals surface area contributed by atoms with Gasteiger partial charge in [0.25, 0.3) is 0 Å². The number of piperidine rings is 1. The highest BCUT2D eigenvalue weighted by Crippen LogP contribution is 2.55. The lowest BCUT2D eigenvalue weighted by Crippen LogP contribution is -2.38. The summed E-state index contributed by atoms with van der Waals surface area (Å²) in [5.41, 5.74) is 3.32. The second-order valence-electron chi connectivity index (χ2n) is 11.8. The molecule has 2 aliphatic carbocycles. The Morgan fingerprint density at radius 3 is 2.80 bits per heavy atom. The summed E-state index contributed by atoms with van der Waals surface area (Å²) in [7, 11) is 0. The first kappa shape index (κ1) is 25.9. The lowest BCUT2D eigenvalue weighted by Gasteiger charge is -2.23. The van der Waals surface area contributed by atoms with Crippen LogP contribution >= 0.6 is 0 Å². The minimum absolute atomic E-state index is 0.0953. The summed E-state index contributed by atoms with van der Waals surface area (Å²) in [5, 5.41) is 11.9. The Hall–Kier alpha value is -4.04. The number of benzene rings is 2. The molecule has 3 aliphatic rings. The summed E-state index contributed by atoms with van der Waals surface area (Å²) < 4.78 is 6.57. The van der Waals surface area contributed by atoms with Crippen molar-refractivity contribution in [2.24, 2.45) is 17.8 Å². The monoisotopic (exact) mass is 548 g/mol. The molecule has 0 radical (unpaired) electrons. The third-order valence-corrected chi connectivity index (χ3v) is 8.67. The Balaban J connectivity index is 1.14. The first-order valence-electron chi connectivity index (χ1n) is 14.9. The third kappa shape index (κ3) is 5.75. The van der Waals surface area contributed by atoms with E-state index in [4.69, 9.17) is 9.72 Å². The molecule has 210 valence electrons. The normalized spacial score (nSPS) is 21.8. The largest absolute Gasteiger partial charge is 0.437 e. The molecular formula is C33H36N6O2.